The fourth-order valence-electron chi connectivity index (χ4n) is 2.60. The van der Waals surface area contributed by atoms with E-state index in [0.717, 1.165) is 10.8 Å². The molecule has 1 amide bonds. The maximum Gasteiger partial charge on any atom is 0.271 e. The number of hydrazone groups is 1. The van der Waals surface area contributed by atoms with Crippen LogP contribution in [0.2, 0.25) is 0 Å². The molecular formula is C21H20N2O3. The molecule has 0 aliphatic carbocycles. The first kappa shape index (κ1) is 17.5. The van der Waals surface area contributed by atoms with Crippen LogP contribution in [0.5, 0.6) is 11.5 Å². The van der Waals surface area contributed by atoms with Gasteiger partial charge in [-0.2, -0.15) is 5.10 Å². The van der Waals surface area contributed by atoms with Crippen LogP contribution in [-0.4, -0.2) is 23.3 Å². The Hall–Kier alpha value is -3.34. The van der Waals surface area contributed by atoms with Gasteiger partial charge in [-0.05, 0) is 55.0 Å². The lowest BCUT2D eigenvalue weighted by molar-refractivity contribution is 0.0955. The number of carbonyl (C=O) groups is 1. The van der Waals surface area contributed by atoms with E-state index >= 15 is 0 Å². The molecule has 2 N–H and O–H groups in total. The number of hydrogen-bond acceptors (Lipinski definition) is 4. The normalized spacial score (nSPS) is 11.2. The smallest absolute Gasteiger partial charge is 0.271 e. The highest BCUT2D eigenvalue weighted by atomic mass is 16.5. The zero-order valence-electron chi connectivity index (χ0n) is 14.6. The third-order valence-electron chi connectivity index (χ3n) is 3.80. The van der Waals surface area contributed by atoms with E-state index in [4.69, 9.17) is 4.74 Å². The number of nitrogens with one attached hydrogen (secondary N) is 1. The molecule has 3 rings (SSSR count). The summed E-state index contributed by atoms with van der Waals surface area (Å²) >= 11 is 0. The van der Waals surface area contributed by atoms with E-state index in [1.54, 1.807) is 30.3 Å². The predicted molar refractivity (Wildman–Crippen MR) is 103 cm³/mol. The molecule has 3 aromatic rings. The molecular weight excluding hydrogens is 328 g/mol. The number of rotatable bonds is 5. The maximum atomic E-state index is 12.2. The molecule has 0 spiro atoms. The lowest BCUT2D eigenvalue weighted by Gasteiger charge is -2.09. The molecule has 0 atom stereocenters. The summed E-state index contributed by atoms with van der Waals surface area (Å²) in [6, 6.07) is 17.9. The molecule has 0 aliphatic rings. The van der Waals surface area contributed by atoms with Crippen molar-refractivity contribution in [2.45, 2.75) is 20.0 Å². The van der Waals surface area contributed by atoms with Gasteiger partial charge >= 0.3 is 0 Å². The number of phenols is 1. The Kier molecular flexibility index (Phi) is 5.17. The molecule has 0 aromatic heterocycles. The van der Waals surface area contributed by atoms with Crippen molar-refractivity contribution < 1.29 is 14.6 Å². The average molecular weight is 348 g/mol. The topological polar surface area (TPSA) is 70.9 Å². The van der Waals surface area contributed by atoms with Crippen LogP contribution in [-0.2, 0) is 0 Å². The minimum absolute atomic E-state index is 0.0765. The number of nitrogens with zero attached hydrogens (tertiary/aromatic N) is 1. The molecule has 5 nitrogen and oxygen atoms in total. The van der Waals surface area contributed by atoms with Gasteiger partial charge in [0.1, 0.15) is 11.5 Å². The SMILES string of the molecule is CC(C)Oc1ccc(C(=O)N/N=C\c2c(O)ccc3ccccc23)cc1. The number of benzene rings is 3. The van der Waals surface area contributed by atoms with Crippen LogP contribution in [0, 0.1) is 0 Å². The molecule has 26 heavy (non-hydrogen) atoms. The first-order valence-corrected chi connectivity index (χ1v) is 8.35. The van der Waals surface area contributed by atoms with Crippen molar-refractivity contribution in [1.82, 2.24) is 5.43 Å². The largest absolute Gasteiger partial charge is 0.507 e. The second kappa shape index (κ2) is 7.70. The van der Waals surface area contributed by atoms with Gasteiger partial charge in [0.05, 0.1) is 12.3 Å². The molecule has 0 unspecified atom stereocenters. The molecule has 5 heteroatoms. The minimum atomic E-state index is -0.336. The van der Waals surface area contributed by atoms with E-state index < -0.39 is 0 Å². The highest BCUT2D eigenvalue weighted by Crippen LogP contribution is 2.25. The van der Waals surface area contributed by atoms with E-state index in [-0.39, 0.29) is 17.8 Å². The lowest BCUT2D eigenvalue weighted by atomic mass is 10.0. The molecule has 0 saturated carbocycles. The molecule has 132 valence electrons. The molecule has 0 aliphatic heterocycles. The lowest BCUT2D eigenvalue weighted by Crippen LogP contribution is -2.17. The third kappa shape index (κ3) is 4.00. The van der Waals surface area contributed by atoms with E-state index in [1.807, 2.05) is 44.2 Å². The van der Waals surface area contributed by atoms with Crippen LogP contribution in [0.1, 0.15) is 29.8 Å². The van der Waals surface area contributed by atoms with E-state index in [9.17, 15) is 9.90 Å². The van der Waals surface area contributed by atoms with Gasteiger partial charge in [-0.3, -0.25) is 4.79 Å². The minimum Gasteiger partial charge on any atom is -0.507 e. The quantitative estimate of drug-likeness (QED) is 0.539. The summed E-state index contributed by atoms with van der Waals surface area (Å²) in [5.74, 6) is 0.481. The fourth-order valence-corrected chi connectivity index (χ4v) is 2.60. The van der Waals surface area contributed by atoms with Crippen molar-refractivity contribution in [3.63, 3.8) is 0 Å². The monoisotopic (exact) mass is 348 g/mol. The zero-order chi connectivity index (χ0) is 18.5. The Balaban J connectivity index is 1.73. The van der Waals surface area contributed by atoms with Crippen LogP contribution in [0.25, 0.3) is 10.8 Å². The highest BCUT2D eigenvalue weighted by Gasteiger charge is 2.07. The Morgan fingerprint density at radius 3 is 2.54 bits per heavy atom. The Morgan fingerprint density at radius 2 is 1.81 bits per heavy atom. The van der Waals surface area contributed by atoms with Gasteiger partial charge in [-0.25, -0.2) is 5.43 Å². The molecule has 0 bridgehead atoms. The van der Waals surface area contributed by atoms with Crippen LogP contribution < -0.4 is 10.2 Å². The average Bonchev–Trinajstić information content (AvgIpc) is 2.63. The van der Waals surface area contributed by atoms with Gasteiger partial charge in [0, 0.05) is 11.1 Å². The number of phenolic OH excluding ortho intramolecular Hbond substituents is 1. The van der Waals surface area contributed by atoms with Gasteiger partial charge in [-0.15, -0.1) is 0 Å². The van der Waals surface area contributed by atoms with Crippen molar-refractivity contribution >= 4 is 22.9 Å². The fraction of sp³-hybridized carbons (Fsp3) is 0.143. The summed E-state index contributed by atoms with van der Waals surface area (Å²) in [7, 11) is 0. The van der Waals surface area contributed by atoms with E-state index in [0.29, 0.717) is 16.9 Å². The van der Waals surface area contributed by atoms with Crippen molar-refractivity contribution in [1.29, 1.82) is 0 Å². The van der Waals surface area contributed by atoms with Crippen molar-refractivity contribution in [3.8, 4) is 11.5 Å². The Morgan fingerprint density at radius 1 is 1.08 bits per heavy atom. The van der Waals surface area contributed by atoms with Crippen LogP contribution in [0.3, 0.4) is 0 Å². The molecule has 0 saturated heterocycles. The standard InChI is InChI=1S/C21H20N2O3/c1-14(2)26-17-10-7-16(8-11-17)21(25)23-22-13-19-18-6-4-3-5-15(18)9-12-20(19)24/h3-14,24H,1-2H3,(H,23,25)/b22-13-. The summed E-state index contributed by atoms with van der Waals surface area (Å²) in [6.07, 6.45) is 1.53. The van der Waals surface area contributed by atoms with Gasteiger partial charge < -0.3 is 9.84 Å². The zero-order valence-corrected chi connectivity index (χ0v) is 14.6. The second-order valence-corrected chi connectivity index (χ2v) is 6.11. The summed E-state index contributed by atoms with van der Waals surface area (Å²) in [4.78, 5) is 12.2. The van der Waals surface area contributed by atoms with Crippen LogP contribution in [0.4, 0.5) is 0 Å². The summed E-state index contributed by atoms with van der Waals surface area (Å²) in [5.41, 5.74) is 3.51. The number of fused-ring (bicyclic) bond motifs is 1. The first-order chi connectivity index (χ1) is 12.5. The van der Waals surface area contributed by atoms with Gasteiger partial charge in [-0.1, -0.05) is 30.3 Å². The second-order valence-electron chi connectivity index (χ2n) is 6.11. The van der Waals surface area contributed by atoms with Gasteiger partial charge in [0.2, 0.25) is 0 Å². The Bertz CT molecular complexity index is 947. The van der Waals surface area contributed by atoms with Crippen LogP contribution >= 0.6 is 0 Å². The highest BCUT2D eigenvalue weighted by molar-refractivity contribution is 6.03. The third-order valence-corrected chi connectivity index (χ3v) is 3.80. The number of amides is 1. The number of hydrogen-bond donors (Lipinski definition) is 2. The molecule has 0 radical (unpaired) electrons. The maximum absolute atomic E-state index is 12.2. The van der Waals surface area contributed by atoms with Crippen molar-refractivity contribution in [3.05, 3.63) is 71.8 Å². The summed E-state index contributed by atoms with van der Waals surface area (Å²) < 4.78 is 5.55. The number of aromatic hydroxyl groups is 1. The number of carbonyl (C=O) groups excluding carboxylic acids is 1. The molecule has 0 heterocycles. The van der Waals surface area contributed by atoms with Crippen LogP contribution in [0.15, 0.2) is 65.8 Å². The summed E-state index contributed by atoms with van der Waals surface area (Å²) in [6.45, 7) is 3.88. The molecule has 3 aromatic carbocycles. The van der Waals surface area contributed by atoms with Crippen molar-refractivity contribution in [2.75, 3.05) is 0 Å². The number of ether oxygens (including phenoxy) is 1. The molecule has 0 fully saturated rings. The van der Waals surface area contributed by atoms with Crippen molar-refractivity contribution in [2.24, 2.45) is 5.10 Å². The van der Waals surface area contributed by atoms with Gasteiger partial charge in [0.15, 0.2) is 0 Å². The van der Waals surface area contributed by atoms with Gasteiger partial charge in [0.25, 0.3) is 5.91 Å². The predicted octanol–water partition coefficient (Wildman–Crippen LogP) is 4.10. The van der Waals surface area contributed by atoms with E-state index in [2.05, 4.69) is 10.5 Å². The first-order valence-electron chi connectivity index (χ1n) is 8.35. The summed E-state index contributed by atoms with van der Waals surface area (Å²) in [5, 5.41) is 15.9. The van der Waals surface area contributed by atoms with E-state index in [1.165, 1.54) is 6.21 Å². The Labute approximate surface area is 151 Å².